The van der Waals surface area contributed by atoms with Gasteiger partial charge in [0.2, 0.25) is 10.0 Å². The van der Waals surface area contributed by atoms with E-state index in [1.807, 2.05) is 35.7 Å². The van der Waals surface area contributed by atoms with Gasteiger partial charge in [-0.05, 0) is 52.9 Å². The lowest BCUT2D eigenvalue weighted by molar-refractivity contribution is 0.414. The number of nitrogens with one attached hydrogen (secondary N) is 1. The van der Waals surface area contributed by atoms with Gasteiger partial charge in [-0.3, -0.25) is 4.72 Å². The number of hydrogen-bond donors (Lipinski definition) is 2. The highest BCUT2D eigenvalue weighted by molar-refractivity contribution is 7.92. The molecule has 3 aromatic carbocycles. The summed E-state index contributed by atoms with van der Waals surface area (Å²) in [6, 6.07) is 23.7. The predicted octanol–water partition coefficient (Wildman–Crippen LogP) is 5.15. The topological polar surface area (TPSA) is 94.3 Å². The van der Waals surface area contributed by atoms with E-state index < -0.39 is 10.0 Å². The lowest BCUT2D eigenvalue weighted by atomic mass is 9.89. The number of hydrogen-bond acceptors (Lipinski definition) is 6. The van der Waals surface area contributed by atoms with Gasteiger partial charge >= 0.3 is 0 Å². The number of ether oxygens (including phenoxy) is 1. The van der Waals surface area contributed by atoms with Gasteiger partial charge in [0.15, 0.2) is 5.13 Å². The smallest absolute Gasteiger partial charge is 0.229 e. The van der Waals surface area contributed by atoms with E-state index in [2.05, 4.69) is 46.1 Å². The molecule has 0 aliphatic carbocycles. The Hall–Kier alpha value is -3.36. The first-order valence-electron chi connectivity index (χ1n) is 10.3. The molecule has 1 aromatic heterocycles. The first-order chi connectivity index (χ1) is 15.8. The second-order valence-electron chi connectivity index (χ2n) is 7.79. The fraction of sp³-hybridized carbons (Fsp3) is 0.160. The van der Waals surface area contributed by atoms with Gasteiger partial charge in [-0.1, -0.05) is 48.5 Å². The summed E-state index contributed by atoms with van der Waals surface area (Å²) in [5.41, 5.74) is 11.7. The summed E-state index contributed by atoms with van der Waals surface area (Å²) in [7, 11) is -1.67. The van der Waals surface area contributed by atoms with Crippen molar-refractivity contribution in [3.05, 3.63) is 95.0 Å². The molecule has 0 radical (unpaired) electrons. The van der Waals surface area contributed by atoms with Crippen LogP contribution in [0.1, 0.15) is 22.7 Å². The standard InChI is InChI=1S/C25H25N3O3S2/c1-31-22-12-10-19(11-13-22)23(24-16-32-25(26)27-24)14-17-6-8-18(9-7-17)20-4-3-5-21(15-20)28-33(2,29)30/h3-13,15-16,23,28H,14H2,1-2H3,(H2,26,27)/t23-/m0/s1. The van der Waals surface area contributed by atoms with Crippen molar-refractivity contribution in [2.45, 2.75) is 12.3 Å². The zero-order chi connectivity index (χ0) is 23.4. The minimum absolute atomic E-state index is 0.0672. The van der Waals surface area contributed by atoms with Crippen LogP contribution < -0.4 is 15.2 Å². The van der Waals surface area contributed by atoms with Crippen LogP contribution >= 0.6 is 11.3 Å². The van der Waals surface area contributed by atoms with E-state index >= 15 is 0 Å². The van der Waals surface area contributed by atoms with Crippen molar-refractivity contribution >= 4 is 32.2 Å². The first-order valence-corrected chi connectivity index (χ1v) is 13.1. The number of aromatic nitrogens is 1. The van der Waals surface area contributed by atoms with Crippen LogP contribution in [0.4, 0.5) is 10.8 Å². The summed E-state index contributed by atoms with van der Waals surface area (Å²) in [4.78, 5) is 4.54. The molecule has 0 unspecified atom stereocenters. The molecule has 0 aliphatic heterocycles. The second kappa shape index (κ2) is 9.64. The van der Waals surface area contributed by atoms with Crippen molar-refractivity contribution in [3.63, 3.8) is 0 Å². The van der Waals surface area contributed by atoms with Gasteiger partial charge in [0.1, 0.15) is 5.75 Å². The number of nitrogen functional groups attached to an aromatic ring is 1. The summed E-state index contributed by atoms with van der Waals surface area (Å²) >= 11 is 1.44. The fourth-order valence-corrected chi connectivity index (χ4v) is 4.91. The van der Waals surface area contributed by atoms with E-state index in [-0.39, 0.29) is 5.92 Å². The molecule has 8 heteroatoms. The van der Waals surface area contributed by atoms with Gasteiger partial charge in [-0.25, -0.2) is 13.4 Å². The Labute approximate surface area is 198 Å². The molecule has 33 heavy (non-hydrogen) atoms. The minimum Gasteiger partial charge on any atom is -0.497 e. The lowest BCUT2D eigenvalue weighted by Gasteiger charge is -2.16. The van der Waals surface area contributed by atoms with Gasteiger partial charge in [-0.15, -0.1) is 11.3 Å². The minimum atomic E-state index is -3.32. The van der Waals surface area contributed by atoms with Crippen molar-refractivity contribution in [1.29, 1.82) is 0 Å². The zero-order valence-corrected chi connectivity index (χ0v) is 20.0. The molecule has 0 aliphatic rings. The van der Waals surface area contributed by atoms with Gasteiger partial charge in [-0.2, -0.15) is 0 Å². The molecule has 0 bridgehead atoms. The molecule has 0 amide bonds. The average Bonchev–Trinajstić information content (AvgIpc) is 3.23. The summed E-state index contributed by atoms with van der Waals surface area (Å²) < 4.78 is 30.9. The molecule has 6 nitrogen and oxygen atoms in total. The third kappa shape index (κ3) is 5.91. The highest BCUT2D eigenvalue weighted by Gasteiger charge is 2.18. The fourth-order valence-electron chi connectivity index (χ4n) is 3.74. The molecule has 1 heterocycles. The molecule has 0 fully saturated rings. The summed E-state index contributed by atoms with van der Waals surface area (Å²) in [5.74, 6) is 0.879. The van der Waals surface area contributed by atoms with Crippen molar-refractivity contribution < 1.29 is 13.2 Å². The monoisotopic (exact) mass is 479 g/mol. The number of nitrogens with zero attached hydrogens (tertiary/aromatic N) is 1. The Kier molecular flexibility index (Phi) is 6.67. The van der Waals surface area contributed by atoms with Crippen LogP contribution in [-0.2, 0) is 16.4 Å². The van der Waals surface area contributed by atoms with Gasteiger partial charge in [0.25, 0.3) is 0 Å². The molecule has 170 valence electrons. The third-order valence-corrected chi connectivity index (χ3v) is 6.61. The molecular weight excluding hydrogens is 454 g/mol. The lowest BCUT2D eigenvalue weighted by Crippen LogP contribution is -2.09. The summed E-state index contributed by atoms with van der Waals surface area (Å²) in [5, 5.41) is 2.57. The van der Waals surface area contributed by atoms with Crippen LogP contribution in [0.5, 0.6) is 5.75 Å². The number of methoxy groups -OCH3 is 1. The maximum absolute atomic E-state index is 11.5. The molecule has 3 N–H and O–H groups in total. The van der Waals surface area contributed by atoms with Crippen LogP contribution in [0, 0.1) is 0 Å². The van der Waals surface area contributed by atoms with Crippen molar-refractivity contribution in [2.75, 3.05) is 23.8 Å². The van der Waals surface area contributed by atoms with Crippen molar-refractivity contribution in [3.8, 4) is 16.9 Å². The molecule has 4 rings (SSSR count). The second-order valence-corrected chi connectivity index (χ2v) is 10.4. The number of benzene rings is 3. The SMILES string of the molecule is COc1ccc([C@H](Cc2ccc(-c3cccc(NS(C)(=O)=O)c3)cc2)c2csc(N)n2)cc1. The van der Waals surface area contributed by atoms with E-state index in [1.165, 1.54) is 11.3 Å². The van der Waals surface area contributed by atoms with E-state index in [0.29, 0.717) is 10.8 Å². The normalized spacial score (nSPS) is 12.3. The number of nitrogens with two attached hydrogens (primary N) is 1. The maximum Gasteiger partial charge on any atom is 0.229 e. The average molecular weight is 480 g/mol. The molecule has 4 aromatic rings. The van der Waals surface area contributed by atoms with Crippen molar-refractivity contribution in [1.82, 2.24) is 4.98 Å². The summed E-state index contributed by atoms with van der Waals surface area (Å²) in [6.45, 7) is 0. The third-order valence-electron chi connectivity index (χ3n) is 5.31. The van der Waals surface area contributed by atoms with E-state index in [0.717, 1.165) is 46.4 Å². The molecule has 0 spiro atoms. The predicted molar refractivity (Wildman–Crippen MR) is 135 cm³/mol. The Morgan fingerprint density at radius 1 is 1.03 bits per heavy atom. The highest BCUT2D eigenvalue weighted by atomic mass is 32.2. The van der Waals surface area contributed by atoms with E-state index in [1.54, 1.807) is 13.2 Å². The van der Waals surface area contributed by atoms with Crippen LogP contribution in [0.15, 0.2) is 78.2 Å². The van der Waals surface area contributed by atoms with Crippen molar-refractivity contribution in [2.24, 2.45) is 0 Å². The van der Waals surface area contributed by atoms with Crippen LogP contribution in [0.25, 0.3) is 11.1 Å². The Bertz CT molecular complexity index is 1330. The highest BCUT2D eigenvalue weighted by Crippen LogP contribution is 2.32. The van der Waals surface area contributed by atoms with E-state index in [4.69, 9.17) is 10.5 Å². The quantitative estimate of drug-likeness (QED) is 0.365. The molecule has 0 saturated carbocycles. The van der Waals surface area contributed by atoms with Gasteiger partial charge < -0.3 is 10.5 Å². The Balaban J connectivity index is 1.58. The van der Waals surface area contributed by atoms with Gasteiger partial charge in [0.05, 0.1) is 19.1 Å². The molecule has 0 saturated heterocycles. The number of thiazole rings is 1. The maximum atomic E-state index is 11.5. The number of anilines is 2. The number of rotatable bonds is 8. The molecule has 1 atom stereocenters. The van der Waals surface area contributed by atoms with Crippen LogP contribution in [0.3, 0.4) is 0 Å². The van der Waals surface area contributed by atoms with Crippen LogP contribution in [0.2, 0.25) is 0 Å². The first kappa shape index (κ1) is 22.8. The molecular formula is C25H25N3O3S2. The number of sulfonamides is 1. The van der Waals surface area contributed by atoms with E-state index in [9.17, 15) is 8.42 Å². The van der Waals surface area contributed by atoms with Crippen LogP contribution in [-0.4, -0.2) is 26.8 Å². The Morgan fingerprint density at radius 3 is 2.36 bits per heavy atom. The largest absolute Gasteiger partial charge is 0.497 e. The summed E-state index contributed by atoms with van der Waals surface area (Å²) in [6.07, 6.45) is 1.91. The van der Waals surface area contributed by atoms with Gasteiger partial charge in [0, 0.05) is 17.0 Å². The zero-order valence-electron chi connectivity index (χ0n) is 18.4. The Morgan fingerprint density at radius 2 is 1.76 bits per heavy atom.